The van der Waals surface area contributed by atoms with Gasteiger partial charge in [-0.1, -0.05) is 32.1 Å². The fourth-order valence-corrected chi connectivity index (χ4v) is 1.52. The zero-order valence-corrected chi connectivity index (χ0v) is 9.28. The lowest BCUT2D eigenvalue weighted by Crippen LogP contribution is -2.40. The molecule has 0 aromatic heterocycles. The first-order valence-corrected chi connectivity index (χ1v) is 5.55. The average molecular weight is 195 g/mol. The zero-order chi connectivity index (χ0) is 10.2. The predicted molar refractivity (Wildman–Crippen MR) is 60.2 cm³/mol. The molecule has 1 heterocycles. The molecule has 1 unspecified atom stereocenters. The summed E-state index contributed by atoms with van der Waals surface area (Å²) in [6.07, 6.45) is 11.1. The third-order valence-corrected chi connectivity index (χ3v) is 2.33. The third-order valence-electron chi connectivity index (χ3n) is 2.33. The van der Waals surface area contributed by atoms with Crippen molar-refractivity contribution in [3.63, 3.8) is 0 Å². The largest absolute Gasteiger partial charge is 0.377 e. The first-order chi connectivity index (χ1) is 6.88. The molecule has 0 amide bonds. The number of ether oxygens (including phenoxy) is 1. The second kappa shape index (κ2) is 6.66. The van der Waals surface area contributed by atoms with E-state index in [2.05, 4.69) is 43.2 Å². The van der Waals surface area contributed by atoms with Crippen molar-refractivity contribution in [3.05, 3.63) is 24.4 Å². The van der Waals surface area contributed by atoms with E-state index in [1.54, 1.807) is 0 Å². The lowest BCUT2D eigenvalue weighted by molar-refractivity contribution is 0.0332. The number of rotatable bonds is 4. The van der Waals surface area contributed by atoms with E-state index in [-0.39, 0.29) is 0 Å². The van der Waals surface area contributed by atoms with Crippen molar-refractivity contribution >= 4 is 0 Å². The Morgan fingerprint density at radius 2 is 2.07 bits per heavy atom. The minimum atomic E-state index is 0.437. The van der Waals surface area contributed by atoms with Gasteiger partial charge in [-0.2, -0.15) is 0 Å². The maximum absolute atomic E-state index is 5.46. The van der Waals surface area contributed by atoms with E-state index < -0.39 is 0 Å². The molecule has 14 heavy (non-hydrogen) atoms. The molecule has 1 aliphatic heterocycles. The Bertz CT molecular complexity index is 176. The molecule has 1 saturated heterocycles. The van der Waals surface area contributed by atoms with Gasteiger partial charge in [0.15, 0.2) is 0 Å². The zero-order valence-electron chi connectivity index (χ0n) is 9.28. The second-order valence-electron chi connectivity index (χ2n) is 3.51. The van der Waals surface area contributed by atoms with E-state index in [9.17, 15) is 0 Å². The van der Waals surface area contributed by atoms with Crippen molar-refractivity contribution in [1.82, 2.24) is 4.90 Å². The van der Waals surface area contributed by atoms with Crippen LogP contribution in [0.15, 0.2) is 24.4 Å². The fraction of sp³-hybridized carbons (Fsp3) is 0.667. The fourth-order valence-electron chi connectivity index (χ4n) is 1.52. The molecule has 0 radical (unpaired) electrons. The second-order valence-corrected chi connectivity index (χ2v) is 3.51. The molecule has 0 saturated carbocycles. The predicted octanol–water partition coefficient (Wildman–Crippen LogP) is 2.58. The maximum Gasteiger partial charge on any atom is 0.0706 e. The third kappa shape index (κ3) is 3.54. The van der Waals surface area contributed by atoms with E-state index in [1.807, 2.05) is 0 Å². The Labute approximate surface area is 87.2 Å². The van der Waals surface area contributed by atoms with E-state index in [4.69, 9.17) is 4.74 Å². The molecule has 1 aliphatic rings. The highest BCUT2D eigenvalue weighted by atomic mass is 16.5. The molecule has 0 aromatic rings. The van der Waals surface area contributed by atoms with Gasteiger partial charge in [-0.3, -0.25) is 0 Å². The Kier molecular flexibility index (Phi) is 5.38. The van der Waals surface area contributed by atoms with E-state index in [0.29, 0.717) is 6.04 Å². The molecule has 0 aliphatic carbocycles. The van der Waals surface area contributed by atoms with Gasteiger partial charge in [-0.15, -0.1) is 0 Å². The summed E-state index contributed by atoms with van der Waals surface area (Å²) in [6.45, 7) is 7.00. The van der Waals surface area contributed by atoms with Crippen LogP contribution in [0.25, 0.3) is 0 Å². The summed E-state index contributed by atoms with van der Waals surface area (Å²) in [6, 6.07) is 0.437. The molecule has 0 aromatic carbocycles. The van der Waals surface area contributed by atoms with Crippen molar-refractivity contribution in [3.8, 4) is 0 Å². The molecule has 2 nitrogen and oxygen atoms in total. The molecule has 80 valence electrons. The highest BCUT2D eigenvalue weighted by Gasteiger charge is 2.16. The molecular weight excluding hydrogens is 174 g/mol. The molecule has 1 rings (SSSR count). The molecule has 1 atom stereocenters. The van der Waals surface area contributed by atoms with Crippen LogP contribution in [-0.2, 0) is 4.74 Å². The summed E-state index contributed by atoms with van der Waals surface area (Å²) in [5, 5.41) is 0. The van der Waals surface area contributed by atoms with Crippen LogP contribution in [0.5, 0.6) is 0 Å². The Morgan fingerprint density at radius 1 is 1.29 bits per heavy atom. The first kappa shape index (κ1) is 11.3. The lowest BCUT2D eigenvalue weighted by atomic mass is 10.2. The summed E-state index contributed by atoms with van der Waals surface area (Å²) in [5.74, 6) is 0. The molecule has 0 spiro atoms. The van der Waals surface area contributed by atoms with E-state index in [0.717, 1.165) is 32.6 Å². The maximum atomic E-state index is 5.46. The summed E-state index contributed by atoms with van der Waals surface area (Å²) in [4.78, 5) is 2.36. The SMILES string of the molecule is CCC=CC1COCCN1C=CCC. The standard InChI is InChI=1S/C12H21NO/c1-3-5-7-12-11-14-10-9-13(12)8-6-4-2/h5-8,12H,3-4,9-11H2,1-2H3. The Balaban J connectivity index is 2.49. The van der Waals surface area contributed by atoms with Gasteiger partial charge >= 0.3 is 0 Å². The molecule has 0 N–H and O–H groups in total. The van der Waals surface area contributed by atoms with Crippen LogP contribution in [0, 0.1) is 0 Å². The van der Waals surface area contributed by atoms with Crippen molar-refractivity contribution in [2.45, 2.75) is 32.7 Å². The van der Waals surface area contributed by atoms with Gasteiger partial charge in [0.1, 0.15) is 0 Å². The van der Waals surface area contributed by atoms with Crippen LogP contribution in [0.2, 0.25) is 0 Å². The first-order valence-electron chi connectivity index (χ1n) is 5.55. The number of hydrogen-bond acceptors (Lipinski definition) is 2. The monoisotopic (exact) mass is 195 g/mol. The van der Waals surface area contributed by atoms with Crippen molar-refractivity contribution in [2.24, 2.45) is 0 Å². The summed E-state index contributed by atoms with van der Waals surface area (Å²) >= 11 is 0. The van der Waals surface area contributed by atoms with Crippen molar-refractivity contribution in [1.29, 1.82) is 0 Å². The van der Waals surface area contributed by atoms with Gasteiger partial charge in [0.2, 0.25) is 0 Å². The van der Waals surface area contributed by atoms with Gasteiger partial charge in [-0.25, -0.2) is 0 Å². The number of nitrogens with zero attached hydrogens (tertiary/aromatic N) is 1. The summed E-state index contributed by atoms with van der Waals surface area (Å²) in [5.41, 5.74) is 0. The molecule has 2 heteroatoms. The minimum absolute atomic E-state index is 0.437. The lowest BCUT2D eigenvalue weighted by Gasteiger charge is -2.32. The van der Waals surface area contributed by atoms with E-state index in [1.165, 1.54) is 0 Å². The Morgan fingerprint density at radius 3 is 2.79 bits per heavy atom. The summed E-state index contributed by atoms with van der Waals surface area (Å²) < 4.78 is 5.46. The quantitative estimate of drug-likeness (QED) is 0.639. The van der Waals surface area contributed by atoms with Crippen LogP contribution in [-0.4, -0.2) is 30.7 Å². The Hall–Kier alpha value is -0.760. The van der Waals surface area contributed by atoms with Crippen molar-refractivity contribution in [2.75, 3.05) is 19.8 Å². The smallest absolute Gasteiger partial charge is 0.0706 e. The van der Waals surface area contributed by atoms with Crippen molar-refractivity contribution < 1.29 is 4.74 Å². The number of morpholine rings is 1. The normalized spacial score (nSPS) is 23.9. The van der Waals surface area contributed by atoms with Gasteiger partial charge in [0.25, 0.3) is 0 Å². The van der Waals surface area contributed by atoms with Gasteiger partial charge in [0.05, 0.1) is 19.3 Å². The topological polar surface area (TPSA) is 12.5 Å². The molecular formula is C12H21NO. The summed E-state index contributed by atoms with van der Waals surface area (Å²) in [7, 11) is 0. The number of allylic oxidation sites excluding steroid dienone is 2. The van der Waals surface area contributed by atoms with Crippen LogP contribution in [0.1, 0.15) is 26.7 Å². The van der Waals surface area contributed by atoms with Crippen LogP contribution in [0.4, 0.5) is 0 Å². The van der Waals surface area contributed by atoms with Gasteiger partial charge in [-0.05, 0) is 19.0 Å². The average Bonchev–Trinajstić information content (AvgIpc) is 2.24. The molecule has 1 fully saturated rings. The van der Waals surface area contributed by atoms with Gasteiger partial charge in [0, 0.05) is 6.54 Å². The van der Waals surface area contributed by atoms with E-state index >= 15 is 0 Å². The number of hydrogen-bond donors (Lipinski definition) is 0. The van der Waals surface area contributed by atoms with Gasteiger partial charge < -0.3 is 9.64 Å². The minimum Gasteiger partial charge on any atom is -0.377 e. The highest BCUT2D eigenvalue weighted by Crippen LogP contribution is 2.09. The van der Waals surface area contributed by atoms with Crippen LogP contribution in [0.3, 0.4) is 0 Å². The molecule has 0 bridgehead atoms. The highest BCUT2D eigenvalue weighted by molar-refractivity contribution is 4.99. The van der Waals surface area contributed by atoms with Crippen LogP contribution < -0.4 is 0 Å². The van der Waals surface area contributed by atoms with Crippen LogP contribution >= 0.6 is 0 Å².